The van der Waals surface area contributed by atoms with Crippen LogP contribution in [0, 0.1) is 0 Å². The van der Waals surface area contributed by atoms with Gasteiger partial charge in [0.2, 0.25) is 0 Å². The molecule has 23 heavy (non-hydrogen) atoms. The molecule has 0 spiro atoms. The number of nitrogens with one attached hydrogen (secondary N) is 1. The smallest absolute Gasteiger partial charge is 0.269 e. The highest BCUT2D eigenvalue weighted by Crippen LogP contribution is 2.32. The molecule has 4 nitrogen and oxygen atoms in total. The lowest BCUT2D eigenvalue weighted by molar-refractivity contribution is 0.0955. The van der Waals surface area contributed by atoms with Gasteiger partial charge in [-0.2, -0.15) is 0 Å². The lowest BCUT2D eigenvalue weighted by Gasteiger charge is -2.07. The van der Waals surface area contributed by atoms with Crippen molar-refractivity contribution in [3.8, 4) is 5.75 Å². The van der Waals surface area contributed by atoms with Gasteiger partial charge in [-0.05, 0) is 23.8 Å². The second-order valence-corrected chi connectivity index (χ2v) is 5.63. The van der Waals surface area contributed by atoms with Crippen LogP contribution in [0.1, 0.15) is 16.1 Å². The van der Waals surface area contributed by atoms with Crippen LogP contribution in [0.2, 0.25) is 5.02 Å². The third-order valence-electron chi connectivity index (χ3n) is 3.80. The fraction of sp³-hybridized carbons (Fsp3) is 0.167. The zero-order chi connectivity index (χ0) is 16.4. The summed E-state index contributed by atoms with van der Waals surface area (Å²) >= 11 is 6.39. The van der Waals surface area contributed by atoms with Crippen LogP contribution < -0.4 is 10.1 Å². The van der Waals surface area contributed by atoms with Crippen molar-refractivity contribution in [2.45, 2.75) is 6.61 Å². The van der Waals surface area contributed by atoms with Crippen molar-refractivity contribution in [2.24, 2.45) is 7.05 Å². The maximum atomic E-state index is 12.0. The molecule has 0 aliphatic rings. The minimum Gasteiger partial charge on any atom is -0.489 e. The summed E-state index contributed by atoms with van der Waals surface area (Å²) in [6, 6.07) is 15.6. The van der Waals surface area contributed by atoms with Crippen LogP contribution in [0.4, 0.5) is 0 Å². The molecule has 2 aromatic carbocycles. The number of benzene rings is 2. The summed E-state index contributed by atoms with van der Waals surface area (Å²) in [5.41, 5.74) is 2.43. The van der Waals surface area contributed by atoms with Gasteiger partial charge in [-0.25, -0.2) is 0 Å². The molecule has 0 atom stereocenters. The van der Waals surface area contributed by atoms with Crippen LogP contribution >= 0.6 is 11.6 Å². The summed E-state index contributed by atoms with van der Waals surface area (Å²) in [5, 5.41) is 3.85. The molecule has 0 saturated heterocycles. The van der Waals surface area contributed by atoms with Crippen LogP contribution in [0.5, 0.6) is 5.75 Å². The normalized spacial score (nSPS) is 10.7. The molecule has 0 fully saturated rings. The molecule has 3 rings (SSSR count). The Morgan fingerprint density at radius 2 is 1.96 bits per heavy atom. The minimum atomic E-state index is -0.208. The molecule has 0 saturated carbocycles. The average molecular weight is 329 g/mol. The number of hydrogen-bond acceptors (Lipinski definition) is 2. The number of nitrogens with zero attached hydrogens (tertiary/aromatic N) is 1. The molecule has 0 aliphatic heterocycles. The molecule has 5 heteroatoms. The Hall–Kier alpha value is -2.46. The number of hydrogen-bond donors (Lipinski definition) is 1. The lowest BCUT2D eigenvalue weighted by atomic mass is 10.2. The molecule has 0 aliphatic carbocycles. The van der Waals surface area contributed by atoms with Gasteiger partial charge in [0, 0.05) is 19.5 Å². The second kappa shape index (κ2) is 6.34. The van der Waals surface area contributed by atoms with Crippen molar-refractivity contribution in [1.29, 1.82) is 0 Å². The number of aryl methyl sites for hydroxylation is 1. The number of halogens is 1. The Morgan fingerprint density at radius 1 is 1.22 bits per heavy atom. The molecule has 0 bridgehead atoms. The molecular formula is C18H17ClN2O2. The maximum absolute atomic E-state index is 12.0. The first kappa shape index (κ1) is 15.4. The van der Waals surface area contributed by atoms with Crippen LogP contribution in [0.15, 0.2) is 48.5 Å². The molecule has 3 aromatic rings. The Kier molecular flexibility index (Phi) is 4.26. The van der Waals surface area contributed by atoms with Crippen molar-refractivity contribution in [3.05, 3.63) is 64.8 Å². The number of rotatable bonds is 4. The van der Waals surface area contributed by atoms with E-state index in [1.165, 1.54) is 0 Å². The third-order valence-corrected chi connectivity index (χ3v) is 4.18. The predicted molar refractivity (Wildman–Crippen MR) is 92.1 cm³/mol. The Balaban J connectivity index is 1.93. The molecule has 0 unspecified atom stereocenters. The maximum Gasteiger partial charge on any atom is 0.269 e. The number of carbonyl (C=O) groups is 1. The van der Waals surface area contributed by atoms with Gasteiger partial charge in [0.05, 0.1) is 10.5 Å². The molecule has 1 N–H and O–H groups in total. The fourth-order valence-electron chi connectivity index (χ4n) is 2.58. The third kappa shape index (κ3) is 2.90. The number of fused-ring (bicyclic) bond motifs is 1. The van der Waals surface area contributed by atoms with E-state index >= 15 is 0 Å². The van der Waals surface area contributed by atoms with E-state index in [1.54, 1.807) is 11.6 Å². The number of carbonyl (C=O) groups excluding carboxylic acids is 1. The first-order valence-corrected chi connectivity index (χ1v) is 7.66. The average Bonchev–Trinajstić information content (AvgIpc) is 2.84. The highest BCUT2D eigenvalue weighted by molar-refractivity contribution is 6.38. The van der Waals surface area contributed by atoms with Crippen molar-refractivity contribution in [3.63, 3.8) is 0 Å². The predicted octanol–water partition coefficient (Wildman–Crippen LogP) is 3.77. The number of aromatic nitrogens is 1. The summed E-state index contributed by atoms with van der Waals surface area (Å²) in [4.78, 5) is 12.0. The van der Waals surface area contributed by atoms with E-state index in [0.29, 0.717) is 17.3 Å². The van der Waals surface area contributed by atoms with Gasteiger partial charge in [-0.15, -0.1) is 0 Å². The van der Waals surface area contributed by atoms with Crippen LogP contribution in [-0.2, 0) is 13.7 Å². The second-order valence-electron chi connectivity index (χ2n) is 5.25. The van der Waals surface area contributed by atoms with Crippen molar-refractivity contribution >= 4 is 28.4 Å². The molecule has 118 valence electrons. The summed E-state index contributed by atoms with van der Waals surface area (Å²) in [6.07, 6.45) is 0. The van der Waals surface area contributed by atoms with Gasteiger partial charge >= 0.3 is 0 Å². The largest absolute Gasteiger partial charge is 0.489 e. The van der Waals surface area contributed by atoms with Gasteiger partial charge < -0.3 is 14.6 Å². The van der Waals surface area contributed by atoms with Crippen molar-refractivity contribution < 1.29 is 9.53 Å². The highest BCUT2D eigenvalue weighted by atomic mass is 35.5. The zero-order valence-corrected chi connectivity index (χ0v) is 13.7. The summed E-state index contributed by atoms with van der Waals surface area (Å²) < 4.78 is 7.61. The molecule has 1 aromatic heterocycles. The van der Waals surface area contributed by atoms with Crippen LogP contribution in [0.3, 0.4) is 0 Å². The van der Waals surface area contributed by atoms with Crippen LogP contribution in [-0.4, -0.2) is 17.5 Å². The van der Waals surface area contributed by atoms with Gasteiger partial charge in [-0.1, -0.05) is 41.9 Å². The summed E-state index contributed by atoms with van der Waals surface area (Å²) in [7, 11) is 3.41. The Morgan fingerprint density at radius 3 is 2.65 bits per heavy atom. The summed E-state index contributed by atoms with van der Waals surface area (Å²) in [6.45, 7) is 0.485. The molecule has 1 heterocycles. The van der Waals surface area contributed by atoms with Crippen molar-refractivity contribution in [1.82, 2.24) is 9.88 Å². The van der Waals surface area contributed by atoms with E-state index in [9.17, 15) is 4.79 Å². The molecule has 1 amide bonds. The van der Waals surface area contributed by atoms with Gasteiger partial charge in [0.15, 0.2) is 0 Å². The van der Waals surface area contributed by atoms with Gasteiger partial charge in [-0.3, -0.25) is 4.79 Å². The van der Waals surface area contributed by atoms with Crippen molar-refractivity contribution in [2.75, 3.05) is 7.05 Å². The first-order chi connectivity index (χ1) is 11.1. The monoisotopic (exact) mass is 328 g/mol. The summed E-state index contributed by atoms with van der Waals surface area (Å²) in [5.74, 6) is 0.512. The standard InChI is InChI=1S/C18H17ClN2O2/c1-20-18(22)17-16(19)14-10-13(8-9-15(14)21(17)2)23-11-12-6-4-3-5-7-12/h3-10H,11H2,1-2H3,(H,20,22). The molecular weight excluding hydrogens is 312 g/mol. The lowest BCUT2D eigenvalue weighted by Crippen LogP contribution is -2.21. The van der Waals surface area contributed by atoms with Crippen LogP contribution in [0.25, 0.3) is 10.9 Å². The Labute approximate surface area is 139 Å². The quantitative estimate of drug-likeness (QED) is 0.792. The SMILES string of the molecule is CNC(=O)c1c(Cl)c2cc(OCc3ccccc3)ccc2n1C. The van der Waals surface area contributed by atoms with E-state index in [1.807, 2.05) is 55.6 Å². The van der Waals surface area contributed by atoms with E-state index in [0.717, 1.165) is 22.2 Å². The van der Waals surface area contributed by atoms with Gasteiger partial charge in [0.1, 0.15) is 18.1 Å². The van der Waals surface area contributed by atoms with Gasteiger partial charge in [0.25, 0.3) is 5.91 Å². The topological polar surface area (TPSA) is 43.3 Å². The zero-order valence-electron chi connectivity index (χ0n) is 13.0. The van der Waals surface area contributed by atoms with E-state index < -0.39 is 0 Å². The highest BCUT2D eigenvalue weighted by Gasteiger charge is 2.19. The molecule has 0 radical (unpaired) electrons. The number of ether oxygens (including phenoxy) is 1. The van der Waals surface area contributed by atoms with E-state index in [2.05, 4.69) is 5.32 Å². The minimum absolute atomic E-state index is 0.208. The first-order valence-electron chi connectivity index (χ1n) is 7.28. The Bertz CT molecular complexity index is 856. The van der Waals surface area contributed by atoms with E-state index in [4.69, 9.17) is 16.3 Å². The van der Waals surface area contributed by atoms with E-state index in [-0.39, 0.29) is 5.91 Å². The fourth-order valence-corrected chi connectivity index (χ4v) is 2.94. The number of amides is 1.